The molecule has 3 rings (SSSR count). The van der Waals surface area contributed by atoms with Crippen molar-refractivity contribution in [1.82, 2.24) is 10.6 Å². The van der Waals surface area contributed by atoms with Crippen LogP contribution in [0.15, 0.2) is 45.8 Å². The highest BCUT2D eigenvalue weighted by molar-refractivity contribution is 5.80. The molecule has 1 heterocycles. The quantitative estimate of drug-likeness (QED) is 0.617. The Morgan fingerprint density at radius 3 is 2.72 bits per heavy atom. The molecule has 1 atom stereocenters. The van der Waals surface area contributed by atoms with Crippen LogP contribution in [0.1, 0.15) is 49.3 Å². The number of nitrogens with one attached hydrogen (secondary N) is 2. The summed E-state index contributed by atoms with van der Waals surface area (Å²) in [5.74, 6) is 3.51. The number of guanidine groups is 1. The first-order valence-electron chi connectivity index (χ1n) is 8.94. The fourth-order valence-electron chi connectivity index (χ4n) is 2.77. The summed E-state index contributed by atoms with van der Waals surface area (Å²) in [5, 5.41) is 6.71. The molecule has 1 aliphatic rings. The van der Waals surface area contributed by atoms with Crippen LogP contribution in [0, 0.1) is 6.92 Å². The smallest absolute Gasteiger partial charge is 0.191 e. The largest absolute Gasteiger partial charge is 0.490 e. The van der Waals surface area contributed by atoms with E-state index in [9.17, 15) is 0 Å². The zero-order valence-corrected chi connectivity index (χ0v) is 15.2. The maximum atomic E-state index is 6.09. The summed E-state index contributed by atoms with van der Waals surface area (Å²) >= 11 is 0. The van der Waals surface area contributed by atoms with E-state index in [1.807, 2.05) is 37.3 Å². The maximum Gasteiger partial charge on any atom is 0.191 e. The molecule has 0 bridgehead atoms. The van der Waals surface area contributed by atoms with Crippen molar-refractivity contribution in [3.05, 3.63) is 53.5 Å². The number of rotatable bonds is 6. The summed E-state index contributed by atoms with van der Waals surface area (Å²) in [6.07, 6.45) is 3.96. The third-order valence-corrected chi connectivity index (χ3v) is 4.53. The zero-order valence-electron chi connectivity index (χ0n) is 15.2. The molecule has 0 saturated heterocycles. The van der Waals surface area contributed by atoms with Gasteiger partial charge in [-0.2, -0.15) is 0 Å². The summed E-state index contributed by atoms with van der Waals surface area (Å²) in [5.41, 5.74) is 1.14. The number of furan rings is 1. The van der Waals surface area contributed by atoms with E-state index in [1.165, 1.54) is 6.42 Å². The summed E-state index contributed by atoms with van der Waals surface area (Å²) in [4.78, 5) is 4.31. The van der Waals surface area contributed by atoms with E-state index in [2.05, 4.69) is 28.6 Å². The second kappa shape index (κ2) is 8.10. The molecule has 1 aromatic carbocycles. The van der Waals surface area contributed by atoms with Gasteiger partial charge in [0.05, 0.1) is 12.1 Å². The average molecular weight is 341 g/mol. The van der Waals surface area contributed by atoms with Crippen LogP contribution in [0.2, 0.25) is 0 Å². The van der Waals surface area contributed by atoms with Crippen LogP contribution in [-0.4, -0.2) is 19.1 Å². The molecule has 2 aromatic rings. The lowest BCUT2D eigenvalue weighted by Crippen LogP contribution is -2.38. The van der Waals surface area contributed by atoms with Gasteiger partial charge in [-0.1, -0.05) is 18.2 Å². The molecule has 1 fully saturated rings. The Balaban J connectivity index is 1.57. The van der Waals surface area contributed by atoms with Crippen LogP contribution in [0.4, 0.5) is 0 Å². The van der Waals surface area contributed by atoms with Crippen LogP contribution in [0.3, 0.4) is 0 Å². The lowest BCUT2D eigenvalue weighted by atomic mass is 9.96. The first kappa shape index (κ1) is 17.4. The summed E-state index contributed by atoms with van der Waals surface area (Å²) < 4.78 is 11.8. The van der Waals surface area contributed by atoms with Gasteiger partial charge in [-0.25, -0.2) is 0 Å². The van der Waals surface area contributed by atoms with E-state index < -0.39 is 0 Å². The topological polar surface area (TPSA) is 58.8 Å². The average Bonchev–Trinajstić information content (AvgIpc) is 3.02. The van der Waals surface area contributed by atoms with E-state index >= 15 is 0 Å². The lowest BCUT2D eigenvalue weighted by Gasteiger charge is -2.27. The minimum atomic E-state index is 0.0429. The van der Waals surface area contributed by atoms with Gasteiger partial charge in [-0.15, -0.1) is 0 Å². The second-order valence-electron chi connectivity index (χ2n) is 6.52. The molecule has 1 aromatic heterocycles. The van der Waals surface area contributed by atoms with Crippen molar-refractivity contribution in [2.75, 3.05) is 7.05 Å². The van der Waals surface area contributed by atoms with E-state index in [4.69, 9.17) is 9.15 Å². The minimum Gasteiger partial charge on any atom is -0.490 e. The van der Waals surface area contributed by atoms with Gasteiger partial charge in [0.2, 0.25) is 0 Å². The van der Waals surface area contributed by atoms with Gasteiger partial charge in [0.15, 0.2) is 5.96 Å². The molecule has 1 saturated carbocycles. The van der Waals surface area contributed by atoms with Crippen molar-refractivity contribution in [2.24, 2.45) is 4.99 Å². The Labute approximate surface area is 149 Å². The van der Waals surface area contributed by atoms with Crippen LogP contribution in [0.25, 0.3) is 0 Å². The molecule has 0 aliphatic heterocycles. The molecule has 134 valence electrons. The molecule has 5 heteroatoms. The van der Waals surface area contributed by atoms with Crippen LogP contribution >= 0.6 is 0 Å². The molecule has 0 amide bonds. The standard InChI is InChI=1S/C20H27N3O2/c1-14-11-12-18(24-14)15(2)23-20(21-3)22-13-16-7-4-5-10-19(16)25-17-8-6-9-17/h4-5,7,10-12,15,17H,6,8-9,13H2,1-3H3,(H2,21,22,23). The van der Waals surface area contributed by atoms with Gasteiger partial charge in [-0.3, -0.25) is 4.99 Å². The van der Waals surface area contributed by atoms with Crippen molar-refractivity contribution in [3.63, 3.8) is 0 Å². The molecular formula is C20H27N3O2. The molecule has 25 heavy (non-hydrogen) atoms. The van der Waals surface area contributed by atoms with Crippen LogP contribution in [0.5, 0.6) is 5.75 Å². The van der Waals surface area contributed by atoms with Gasteiger partial charge in [0.1, 0.15) is 17.3 Å². The number of hydrogen-bond donors (Lipinski definition) is 2. The van der Waals surface area contributed by atoms with Gasteiger partial charge >= 0.3 is 0 Å². The lowest BCUT2D eigenvalue weighted by molar-refractivity contribution is 0.119. The third kappa shape index (κ3) is 4.56. The van der Waals surface area contributed by atoms with E-state index in [1.54, 1.807) is 7.05 Å². The summed E-state index contributed by atoms with van der Waals surface area (Å²) in [6, 6.07) is 12.2. The van der Waals surface area contributed by atoms with Gasteiger partial charge in [-0.05, 0) is 51.3 Å². The third-order valence-electron chi connectivity index (χ3n) is 4.53. The van der Waals surface area contributed by atoms with Gasteiger partial charge in [0, 0.05) is 19.2 Å². The summed E-state index contributed by atoms with van der Waals surface area (Å²) in [6.45, 7) is 4.66. The predicted molar refractivity (Wildman–Crippen MR) is 99.9 cm³/mol. The van der Waals surface area contributed by atoms with Crippen molar-refractivity contribution in [2.45, 2.75) is 51.8 Å². The van der Waals surface area contributed by atoms with E-state index in [0.717, 1.165) is 41.6 Å². The maximum absolute atomic E-state index is 6.09. The molecule has 2 N–H and O–H groups in total. The molecule has 1 unspecified atom stereocenters. The highest BCUT2D eigenvalue weighted by Crippen LogP contribution is 2.27. The first-order chi connectivity index (χ1) is 12.2. The van der Waals surface area contributed by atoms with Crippen molar-refractivity contribution in [3.8, 4) is 5.75 Å². The second-order valence-corrected chi connectivity index (χ2v) is 6.52. The number of aliphatic imine (C=N–C) groups is 1. The summed E-state index contributed by atoms with van der Waals surface area (Å²) in [7, 11) is 1.77. The van der Waals surface area contributed by atoms with Crippen molar-refractivity contribution < 1.29 is 9.15 Å². The number of hydrogen-bond acceptors (Lipinski definition) is 3. The Morgan fingerprint density at radius 1 is 1.28 bits per heavy atom. The van der Waals surface area contributed by atoms with Gasteiger partial charge < -0.3 is 19.8 Å². The van der Waals surface area contributed by atoms with E-state index in [0.29, 0.717) is 12.6 Å². The zero-order chi connectivity index (χ0) is 17.6. The highest BCUT2D eigenvalue weighted by atomic mass is 16.5. The SMILES string of the molecule is CN=C(NCc1ccccc1OC1CCC1)NC(C)c1ccc(C)o1. The number of para-hydroxylation sites is 1. The predicted octanol–water partition coefficient (Wildman–Crippen LogP) is 3.95. The molecule has 1 aliphatic carbocycles. The number of nitrogens with zero attached hydrogens (tertiary/aromatic N) is 1. The van der Waals surface area contributed by atoms with Crippen molar-refractivity contribution >= 4 is 5.96 Å². The Morgan fingerprint density at radius 2 is 2.08 bits per heavy atom. The first-order valence-corrected chi connectivity index (χ1v) is 8.94. The Bertz CT molecular complexity index is 719. The minimum absolute atomic E-state index is 0.0429. The molecule has 0 radical (unpaired) electrons. The highest BCUT2D eigenvalue weighted by Gasteiger charge is 2.20. The number of benzene rings is 1. The fourth-order valence-corrected chi connectivity index (χ4v) is 2.77. The monoisotopic (exact) mass is 341 g/mol. The normalized spacial score (nSPS) is 16.2. The fraction of sp³-hybridized carbons (Fsp3) is 0.450. The Hall–Kier alpha value is -2.43. The molecular weight excluding hydrogens is 314 g/mol. The van der Waals surface area contributed by atoms with Crippen molar-refractivity contribution in [1.29, 1.82) is 0 Å². The van der Waals surface area contributed by atoms with Crippen LogP contribution in [-0.2, 0) is 6.54 Å². The molecule has 5 nitrogen and oxygen atoms in total. The van der Waals surface area contributed by atoms with Gasteiger partial charge in [0.25, 0.3) is 0 Å². The molecule has 0 spiro atoms. The van der Waals surface area contributed by atoms with E-state index in [-0.39, 0.29) is 6.04 Å². The van der Waals surface area contributed by atoms with Crippen LogP contribution < -0.4 is 15.4 Å². The number of ether oxygens (including phenoxy) is 1. The number of aryl methyl sites for hydroxylation is 1. The Kier molecular flexibility index (Phi) is 5.64.